The van der Waals surface area contributed by atoms with Crippen molar-refractivity contribution < 1.29 is 9.84 Å². The van der Waals surface area contributed by atoms with E-state index in [2.05, 4.69) is 0 Å². The maximum absolute atomic E-state index is 10.6. The molecule has 0 bridgehead atoms. The molecule has 16 heavy (non-hydrogen) atoms. The van der Waals surface area contributed by atoms with Crippen LogP contribution in [0.25, 0.3) is 0 Å². The number of aliphatic hydroxyl groups excluding tert-OH is 1. The first kappa shape index (κ1) is 12.3. The van der Waals surface area contributed by atoms with Crippen molar-refractivity contribution in [3.63, 3.8) is 0 Å². The van der Waals surface area contributed by atoms with Gasteiger partial charge in [0.25, 0.3) is 0 Å². The minimum atomic E-state index is -0.207. The fraction of sp³-hybridized carbons (Fsp3) is 1.00. The molecule has 1 atom stereocenters. The van der Waals surface area contributed by atoms with Crippen molar-refractivity contribution in [2.75, 3.05) is 19.8 Å². The molecular formula is C13H25NO2. The van der Waals surface area contributed by atoms with E-state index in [0.29, 0.717) is 12.5 Å². The van der Waals surface area contributed by atoms with Gasteiger partial charge in [0.1, 0.15) is 0 Å². The van der Waals surface area contributed by atoms with Crippen LogP contribution < -0.4 is 5.73 Å². The van der Waals surface area contributed by atoms with Crippen LogP contribution in [0, 0.1) is 11.3 Å². The molecule has 2 aliphatic rings. The molecule has 3 N–H and O–H groups in total. The summed E-state index contributed by atoms with van der Waals surface area (Å²) in [5, 5.41) is 10.6. The summed E-state index contributed by atoms with van der Waals surface area (Å²) in [6.07, 6.45) is 7.91. The second-order valence-electron chi connectivity index (χ2n) is 5.52. The molecule has 0 aromatic rings. The molecular weight excluding hydrogens is 202 g/mol. The van der Waals surface area contributed by atoms with Crippen molar-refractivity contribution in [1.82, 2.24) is 0 Å². The summed E-state index contributed by atoms with van der Waals surface area (Å²) in [7, 11) is 0. The van der Waals surface area contributed by atoms with Crippen LogP contribution in [0.15, 0.2) is 0 Å². The van der Waals surface area contributed by atoms with Crippen molar-refractivity contribution in [2.45, 2.75) is 51.0 Å². The maximum Gasteiger partial charge on any atom is 0.0638 e. The highest BCUT2D eigenvalue weighted by atomic mass is 16.5. The van der Waals surface area contributed by atoms with Gasteiger partial charge in [0, 0.05) is 25.2 Å². The summed E-state index contributed by atoms with van der Waals surface area (Å²) in [6.45, 7) is 2.13. The quantitative estimate of drug-likeness (QED) is 0.771. The molecule has 94 valence electrons. The van der Waals surface area contributed by atoms with Gasteiger partial charge in [-0.2, -0.15) is 0 Å². The SMILES string of the molecule is NCC1(C(O)C2CCCCC2)CCOCC1. The summed E-state index contributed by atoms with van der Waals surface area (Å²) < 4.78 is 5.40. The Balaban J connectivity index is 2.00. The first-order valence-electron chi connectivity index (χ1n) is 6.74. The third-order valence-electron chi connectivity index (χ3n) is 4.62. The number of nitrogens with two attached hydrogens (primary N) is 1. The highest BCUT2D eigenvalue weighted by Gasteiger charge is 2.42. The molecule has 0 aromatic heterocycles. The summed E-state index contributed by atoms with van der Waals surface area (Å²) in [6, 6.07) is 0. The van der Waals surface area contributed by atoms with E-state index in [1.165, 1.54) is 32.1 Å². The predicted molar refractivity (Wildman–Crippen MR) is 64.1 cm³/mol. The van der Waals surface area contributed by atoms with Crippen LogP contribution in [0.1, 0.15) is 44.9 Å². The first-order valence-corrected chi connectivity index (χ1v) is 6.74. The molecule has 0 aromatic carbocycles. The Bertz CT molecular complexity index is 208. The van der Waals surface area contributed by atoms with E-state index in [0.717, 1.165) is 26.1 Å². The second kappa shape index (κ2) is 5.48. The van der Waals surface area contributed by atoms with Crippen molar-refractivity contribution in [1.29, 1.82) is 0 Å². The Morgan fingerprint density at radius 3 is 2.38 bits per heavy atom. The van der Waals surface area contributed by atoms with Crippen LogP contribution >= 0.6 is 0 Å². The molecule has 1 aliphatic carbocycles. The third-order valence-corrected chi connectivity index (χ3v) is 4.62. The fourth-order valence-electron chi connectivity index (χ4n) is 3.35. The van der Waals surface area contributed by atoms with Crippen LogP contribution in [0.3, 0.4) is 0 Å². The summed E-state index contributed by atoms with van der Waals surface area (Å²) in [5.74, 6) is 0.482. The summed E-state index contributed by atoms with van der Waals surface area (Å²) >= 11 is 0. The number of aliphatic hydroxyl groups is 1. The molecule has 2 fully saturated rings. The Hall–Kier alpha value is -0.120. The molecule has 3 nitrogen and oxygen atoms in total. The van der Waals surface area contributed by atoms with Gasteiger partial charge in [-0.15, -0.1) is 0 Å². The van der Waals surface area contributed by atoms with E-state index in [9.17, 15) is 5.11 Å². The average Bonchev–Trinajstić information content (AvgIpc) is 2.39. The molecule has 3 heteroatoms. The molecule has 2 rings (SSSR count). The molecule has 1 aliphatic heterocycles. The highest BCUT2D eigenvalue weighted by molar-refractivity contribution is 4.93. The number of rotatable bonds is 3. The van der Waals surface area contributed by atoms with Crippen LogP contribution in [0.5, 0.6) is 0 Å². The van der Waals surface area contributed by atoms with E-state index in [1.807, 2.05) is 0 Å². The normalized spacial score (nSPS) is 28.9. The largest absolute Gasteiger partial charge is 0.392 e. The van der Waals surface area contributed by atoms with Crippen molar-refractivity contribution >= 4 is 0 Å². The molecule has 1 unspecified atom stereocenters. The zero-order valence-electron chi connectivity index (χ0n) is 10.2. The molecule has 1 saturated heterocycles. The second-order valence-corrected chi connectivity index (χ2v) is 5.52. The lowest BCUT2D eigenvalue weighted by Crippen LogP contribution is -2.49. The Kier molecular flexibility index (Phi) is 4.22. The number of hydrogen-bond acceptors (Lipinski definition) is 3. The third kappa shape index (κ3) is 2.41. The lowest BCUT2D eigenvalue weighted by molar-refractivity contribution is -0.0858. The Morgan fingerprint density at radius 2 is 1.81 bits per heavy atom. The minimum absolute atomic E-state index is 0.0553. The van der Waals surface area contributed by atoms with Gasteiger partial charge >= 0.3 is 0 Å². The summed E-state index contributed by atoms with van der Waals surface area (Å²) in [5.41, 5.74) is 5.87. The van der Waals surface area contributed by atoms with Gasteiger partial charge in [-0.1, -0.05) is 19.3 Å². The Morgan fingerprint density at radius 1 is 1.19 bits per heavy atom. The van der Waals surface area contributed by atoms with Gasteiger partial charge in [0.2, 0.25) is 0 Å². The molecule has 0 spiro atoms. The van der Waals surface area contributed by atoms with E-state index in [4.69, 9.17) is 10.5 Å². The van der Waals surface area contributed by atoms with Gasteiger partial charge in [-0.3, -0.25) is 0 Å². The zero-order chi connectivity index (χ0) is 11.4. The lowest BCUT2D eigenvalue weighted by atomic mass is 9.68. The highest BCUT2D eigenvalue weighted by Crippen LogP contribution is 2.40. The van der Waals surface area contributed by atoms with E-state index in [-0.39, 0.29) is 11.5 Å². The average molecular weight is 227 g/mol. The zero-order valence-corrected chi connectivity index (χ0v) is 10.2. The van der Waals surface area contributed by atoms with Crippen molar-refractivity contribution in [3.8, 4) is 0 Å². The van der Waals surface area contributed by atoms with Gasteiger partial charge < -0.3 is 15.6 Å². The molecule has 1 heterocycles. The predicted octanol–water partition coefficient (Wildman–Crippen LogP) is 1.68. The maximum atomic E-state index is 10.6. The standard InChI is InChI=1S/C13H25NO2/c14-10-13(6-8-16-9-7-13)12(15)11-4-2-1-3-5-11/h11-12,15H,1-10,14H2. The van der Waals surface area contributed by atoms with Crippen molar-refractivity contribution in [2.24, 2.45) is 17.1 Å². The van der Waals surface area contributed by atoms with Gasteiger partial charge in [-0.05, 0) is 31.6 Å². The minimum Gasteiger partial charge on any atom is -0.392 e. The fourth-order valence-corrected chi connectivity index (χ4v) is 3.35. The Labute approximate surface area is 98.4 Å². The first-order chi connectivity index (χ1) is 7.78. The number of ether oxygens (including phenoxy) is 1. The topological polar surface area (TPSA) is 55.5 Å². The molecule has 1 saturated carbocycles. The van der Waals surface area contributed by atoms with Crippen molar-refractivity contribution in [3.05, 3.63) is 0 Å². The van der Waals surface area contributed by atoms with Gasteiger partial charge in [-0.25, -0.2) is 0 Å². The van der Waals surface area contributed by atoms with Crippen LogP contribution in [0.2, 0.25) is 0 Å². The summed E-state index contributed by atoms with van der Waals surface area (Å²) in [4.78, 5) is 0. The van der Waals surface area contributed by atoms with Crippen LogP contribution in [-0.2, 0) is 4.74 Å². The smallest absolute Gasteiger partial charge is 0.0638 e. The van der Waals surface area contributed by atoms with Gasteiger partial charge in [0.05, 0.1) is 6.10 Å². The monoisotopic (exact) mass is 227 g/mol. The lowest BCUT2D eigenvalue weighted by Gasteiger charge is -2.44. The van der Waals surface area contributed by atoms with Gasteiger partial charge in [0.15, 0.2) is 0 Å². The van der Waals surface area contributed by atoms with E-state index in [1.54, 1.807) is 0 Å². The van der Waals surface area contributed by atoms with Crippen LogP contribution in [0.4, 0.5) is 0 Å². The van der Waals surface area contributed by atoms with E-state index >= 15 is 0 Å². The molecule has 0 radical (unpaired) electrons. The molecule has 0 amide bonds. The number of hydrogen-bond donors (Lipinski definition) is 2. The van der Waals surface area contributed by atoms with E-state index < -0.39 is 0 Å². The van der Waals surface area contributed by atoms with Crippen LogP contribution in [-0.4, -0.2) is 31.0 Å².